The van der Waals surface area contributed by atoms with Crippen LogP contribution in [0.25, 0.3) is 0 Å². The van der Waals surface area contributed by atoms with Crippen molar-refractivity contribution in [3.63, 3.8) is 0 Å². The molecule has 0 aromatic heterocycles. The normalized spacial score (nSPS) is 35.8. The summed E-state index contributed by atoms with van der Waals surface area (Å²) in [7, 11) is 0. The van der Waals surface area contributed by atoms with Gasteiger partial charge in [-0.25, -0.2) is 0 Å². The Labute approximate surface area is 105 Å². The van der Waals surface area contributed by atoms with E-state index >= 15 is 0 Å². The highest BCUT2D eigenvalue weighted by Gasteiger charge is 2.42. The molecule has 17 heavy (non-hydrogen) atoms. The lowest BCUT2D eigenvalue weighted by Crippen LogP contribution is -2.21. The minimum atomic E-state index is 0.704. The zero-order chi connectivity index (χ0) is 12.1. The maximum absolute atomic E-state index is 3.74. The van der Waals surface area contributed by atoms with Gasteiger partial charge in [0.15, 0.2) is 0 Å². The molecule has 0 amide bonds. The van der Waals surface area contributed by atoms with Crippen molar-refractivity contribution in [2.75, 3.05) is 0 Å². The lowest BCUT2D eigenvalue weighted by atomic mass is 9.81. The third-order valence-electron chi connectivity index (χ3n) is 3.91. The molecule has 2 heterocycles. The maximum atomic E-state index is 3.74. The van der Waals surface area contributed by atoms with Gasteiger partial charge in [0.05, 0.1) is 0 Å². The van der Waals surface area contributed by atoms with Crippen LogP contribution < -0.4 is 5.32 Å². The van der Waals surface area contributed by atoms with Crippen molar-refractivity contribution in [2.24, 2.45) is 11.8 Å². The third-order valence-corrected chi connectivity index (χ3v) is 3.91. The molecule has 1 nitrogen and oxygen atoms in total. The SMILES string of the molecule is C=C=CCC=CC1CC2NC1CC2C=CCC. The van der Waals surface area contributed by atoms with Crippen LogP contribution in [0.5, 0.6) is 0 Å². The summed E-state index contributed by atoms with van der Waals surface area (Å²) < 4.78 is 0. The highest BCUT2D eigenvalue weighted by Crippen LogP contribution is 2.38. The Morgan fingerprint density at radius 1 is 1.18 bits per heavy atom. The van der Waals surface area contributed by atoms with Gasteiger partial charge in [0.2, 0.25) is 0 Å². The average Bonchev–Trinajstić information content (AvgIpc) is 2.91. The number of nitrogens with one attached hydrogen (secondary N) is 1. The van der Waals surface area contributed by atoms with E-state index in [1.165, 1.54) is 12.8 Å². The molecule has 2 rings (SSSR count). The van der Waals surface area contributed by atoms with Crippen LogP contribution in [0.15, 0.2) is 42.7 Å². The summed E-state index contributed by atoms with van der Waals surface area (Å²) in [6.45, 7) is 5.78. The van der Waals surface area contributed by atoms with Crippen LogP contribution >= 0.6 is 0 Å². The van der Waals surface area contributed by atoms with E-state index < -0.39 is 0 Å². The van der Waals surface area contributed by atoms with Crippen molar-refractivity contribution in [3.8, 4) is 0 Å². The van der Waals surface area contributed by atoms with E-state index in [4.69, 9.17) is 0 Å². The Bertz CT molecular complexity index is 347. The van der Waals surface area contributed by atoms with Crippen molar-refractivity contribution in [1.29, 1.82) is 0 Å². The molecule has 4 unspecified atom stereocenters. The summed E-state index contributed by atoms with van der Waals surface area (Å²) in [6.07, 6.45) is 16.1. The summed E-state index contributed by atoms with van der Waals surface area (Å²) in [5.41, 5.74) is 2.81. The van der Waals surface area contributed by atoms with Crippen molar-refractivity contribution < 1.29 is 0 Å². The highest BCUT2D eigenvalue weighted by molar-refractivity contribution is 5.13. The molecule has 2 fully saturated rings. The minimum Gasteiger partial charge on any atom is -0.310 e. The second kappa shape index (κ2) is 6.05. The molecule has 1 heteroatoms. The molecule has 92 valence electrons. The van der Waals surface area contributed by atoms with Gasteiger partial charge < -0.3 is 5.32 Å². The summed E-state index contributed by atoms with van der Waals surface area (Å²) in [4.78, 5) is 0. The van der Waals surface area contributed by atoms with Gasteiger partial charge in [-0.3, -0.25) is 0 Å². The summed E-state index contributed by atoms with van der Waals surface area (Å²) >= 11 is 0. The molecule has 0 radical (unpaired) electrons. The Hall–Kier alpha value is -1.04. The van der Waals surface area contributed by atoms with Crippen molar-refractivity contribution in [2.45, 2.75) is 44.7 Å². The molecule has 4 atom stereocenters. The molecule has 0 spiro atoms. The molecule has 2 saturated heterocycles. The average molecular weight is 229 g/mol. The van der Waals surface area contributed by atoms with Gasteiger partial charge in [0, 0.05) is 12.1 Å². The molecule has 2 bridgehead atoms. The van der Waals surface area contributed by atoms with Gasteiger partial charge in [-0.05, 0) is 43.6 Å². The summed E-state index contributed by atoms with van der Waals surface area (Å²) in [6, 6.07) is 1.42. The fourth-order valence-electron chi connectivity index (χ4n) is 3.06. The number of hydrogen-bond acceptors (Lipinski definition) is 1. The second-order valence-electron chi connectivity index (χ2n) is 5.09. The summed E-state index contributed by atoms with van der Waals surface area (Å²) in [5.74, 6) is 1.52. The van der Waals surface area contributed by atoms with E-state index in [-0.39, 0.29) is 0 Å². The number of rotatable bonds is 5. The molecule has 2 aliphatic rings. The summed E-state index contributed by atoms with van der Waals surface area (Å²) in [5, 5.41) is 3.74. The Kier molecular flexibility index (Phi) is 4.42. The first-order valence-corrected chi connectivity index (χ1v) is 6.78. The predicted octanol–water partition coefficient (Wildman–Crippen LogP) is 3.61. The minimum absolute atomic E-state index is 0.704. The van der Waals surface area contributed by atoms with Gasteiger partial charge in [-0.15, -0.1) is 5.73 Å². The number of hydrogen-bond donors (Lipinski definition) is 1. The monoisotopic (exact) mass is 229 g/mol. The van der Waals surface area contributed by atoms with E-state index in [1.807, 2.05) is 6.08 Å². The second-order valence-corrected chi connectivity index (χ2v) is 5.09. The van der Waals surface area contributed by atoms with Crippen LogP contribution in [0.4, 0.5) is 0 Å². The number of fused-ring (bicyclic) bond motifs is 2. The molecule has 1 N–H and O–H groups in total. The molecule has 0 aliphatic carbocycles. The predicted molar refractivity (Wildman–Crippen MR) is 73.8 cm³/mol. The van der Waals surface area contributed by atoms with E-state index in [2.05, 4.69) is 48.9 Å². The standard InChI is InChI=1S/C16H23N/c1-3-5-7-8-10-14-12-15-13(9-6-4-2)11-16(14)17-15/h5-6,8-10,13-17H,1,4,7,11-12H2,2H3. The van der Waals surface area contributed by atoms with E-state index in [0.717, 1.165) is 24.7 Å². The van der Waals surface area contributed by atoms with Crippen LogP contribution in [0.2, 0.25) is 0 Å². The van der Waals surface area contributed by atoms with E-state index in [0.29, 0.717) is 12.1 Å². The van der Waals surface area contributed by atoms with Gasteiger partial charge in [-0.2, -0.15) is 0 Å². The fraction of sp³-hybridized carbons (Fsp3) is 0.562. The third kappa shape index (κ3) is 3.00. The van der Waals surface area contributed by atoms with Crippen LogP contribution in [0, 0.1) is 11.8 Å². The van der Waals surface area contributed by atoms with E-state index in [1.54, 1.807) is 0 Å². The molecular formula is C16H23N. The van der Waals surface area contributed by atoms with Gasteiger partial charge in [0.25, 0.3) is 0 Å². The quantitative estimate of drug-likeness (QED) is 0.561. The lowest BCUT2D eigenvalue weighted by molar-refractivity contribution is 0.418. The van der Waals surface area contributed by atoms with Gasteiger partial charge in [0.1, 0.15) is 0 Å². The fourth-order valence-corrected chi connectivity index (χ4v) is 3.06. The first kappa shape index (κ1) is 12.4. The largest absolute Gasteiger partial charge is 0.310 e. The Morgan fingerprint density at radius 3 is 2.35 bits per heavy atom. The Balaban J connectivity index is 1.83. The van der Waals surface area contributed by atoms with E-state index in [9.17, 15) is 0 Å². The van der Waals surface area contributed by atoms with Crippen LogP contribution in [0.1, 0.15) is 32.6 Å². The Morgan fingerprint density at radius 2 is 1.82 bits per heavy atom. The molecule has 0 aromatic carbocycles. The van der Waals surface area contributed by atoms with Crippen molar-refractivity contribution in [1.82, 2.24) is 5.32 Å². The first-order chi connectivity index (χ1) is 8.35. The van der Waals surface area contributed by atoms with Crippen LogP contribution in [0.3, 0.4) is 0 Å². The van der Waals surface area contributed by atoms with Crippen molar-refractivity contribution >= 4 is 0 Å². The van der Waals surface area contributed by atoms with Crippen LogP contribution in [-0.2, 0) is 0 Å². The van der Waals surface area contributed by atoms with Crippen LogP contribution in [-0.4, -0.2) is 12.1 Å². The molecular weight excluding hydrogens is 206 g/mol. The van der Waals surface area contributed by atoms with Crippen molar-refractivity contribution in [3.05, 3.63) is 42.7 Å². The maximum Gasteiger partial charge on any atom is 0.0139 e. The zero-order valence-corrected chi connectivity index (χ0v) is 10.7. The molecule has 0 aromatic rings. The lowest BCUT2D eigenvalue weighted by Gasteiger charge is -2.21. The zero-order valence-electron chi connectivity index (χ0n) is 10.7. The first-order valence-electron chi connectivity index (χ1n) is 6.78. The number of allylic oxidation sites excluding steroid dienone is 3. The smallest absolute Gasteiger partial charge is 0.0139 e. The van der Waals surface area contributed by atoms with Gasteiger partial charge >= 0.3 is 0 Å². The molecule has 2 aliphatic heterocycles. The molecule has 0 saturated carbocycles. The highest BCUT2D eigenvalue weighted by atomic mass is 15.0. The van der Waals surface area contributed by atoms with Gasteiger partial charge in [-0.1, -0.05) is 37.8 Å². The topological polar surface area (TPSA) is 12.0 Å².